The number of aromatic nitrogens is 1. The Morgan fingerprint density at radius 3 is 2.81 bits per heavy atom. The normalized spacial score (nSPS) is 22.5. The molecule has 3 aromatic rings. The summed E-state index contributed by atoms with van der Waals surface area (Å²) in [6, 6.07) is 6.51. The number of methoxy groups -OCH3 is 1. The van der Waals surface area contributed by atoms with Crippen LogP contribution in [0.4, 0.5) is 4.39 Å². The number of aliphatic hydroxyl groups is 1. The summed E-state index contributed by atoms with van der Waals surface area (Å²) in [4.78, 5) is 31.9. The van der Waals surface area contributed by atoms with Crippen LogP contribution in [0.25, 0.3) is 11.0 Å². The number of pyridine rings is 1. The van der Waals surface area contributed by atoms with Crippen molar-refractivity contribution in [3.05, 3.63) is 58.4 Å². The van der Waals surface area contributed by atoms with Crippen molar-refractivity contribution in [2.45, 2.75) is 32.3 Å². The van der Waals surface area contributed by atoms with E-state index >= 15 is 0 Å². The molecule has 0 radical (unpaired) electrons. The van der Waals surface area contributed by atoms with Crippen molar-refractivity contribution < 1.29 is 28.2 Å². The second kappa shape index (κ2) is 7.01. The summed E-state index contributed by atoms with van der Waals surface area (Å²) in [7, 11) is 1.32. The molecule has 2 aliphatic heterocycles. The summed E-state index contributed by atoms with van der Waals surface area (Å²) in [5.74, 6) is -1.68. The highest BCUT2D eigenvalue weighted by Gasteiger charge is 2.53. The number of fused-ring (bicyclic) bond motifs is 2. The first-order valence-electron chi connectivity index (χ1n) is 10.0. The molecule has 0 aliphatic carbocycles. The standard InChI is InChI=1S/C22H21FN4O5/c1-10-6-15-13(11(2)24-10)7-16(32-15)22(20(29)25-21(30)26-22)9-27-8-12-4-5-14(31-3)18(23)17(12)19(27)28/h4-7,21,26,30H,8-9H2,1-3H3,(H,25,29). The highest BCUT2D eigenvalue weighted by Crippen LogP contribution is 2.37. The van der Waals surface area contributed by atoms with Crippen molar-refractivity contribution >= 4 is 22.8 Å². The van der Waals surface area contributed by atoms with Gasteiger partial charge in [0, 0.05) is 29.4 Å². The largest absolute Gasteiger partial charge is 0.494 e. The molecule has 3 N–H and O–H groups in total. The fourth-order valence-corrected chi connectivity index (χ4v) is 4.48. The Balaban J connectivity index is 1.57. The van der Waals surface area contributed by atoms with E-state index in [-0.39, 0.29) is 30.2 Å². The van der Waals surface area contributed by atoms with Gasteiger partial charge in [0.15, 0.2) is 23.5 Å². The lowest BCUT2D eigenvalue weighted by atomic mass is 9.95. The van der Waals surface area contributed by atoms with Crippen LogP contribution in [0.2, 0.25) is 0 Å². The van der Waals surface area contributed by atoms with Gasteiger partial charge in [-0.3, -0.25) is 19.9 Å². The van der Waals surface area contributed by atoms with Gasteiger partial charge in [0.05, 0.1) is 19.2 Å². The summed E-state index contributed by atoms with van der Waals surface area (Å²) in [5.41, 5.74) is 0.844. The van der Waals surface area contributed by atoms with E-state index in [0.29, 0.717) is 16.5 Å². The summed E-state index contributed by atoms with van der Waals surface area (Å²) in [6.45, 7) is 3.57. The molecule has 2 aromatic heterocycles. The Hall–Kier alpha value is -3.50. The average Bonchev–Trinajstić information content (AvgIpc) is 3.38. The lowest BCUT2D eigenvalue weighted by Gasteiger charge is -2.29. The summed E-state index contributed by atoms with van der Waals surface area (Å²) < 4.78 is 25.8. The maximum absolute atomic E-state index is 14.8. The van der Waals surface area contributed by atoms with Crippen LogP contribution in [-0.4, -0.2) is 46.8 Å². The number of aliphatic hydroxyl groups excluding tert-OH is 1. The van der Waals surface area contributed by atoms with Crippen LogP contribution >= 0.6 is 0 Å². The van der Waals surface area contributed by atoms with E-state index in [4.69, 9.17) is 9.15 Å². The number of nitrogens with one attached hydrogen (secondary N) is 2. The number of benzene rings is 1. The molecular formula is C22H21FN4O5. The van der Waals surface area contributed by atoms with Crippen molar-refractivity contribution in [3.8, 4) is 5.75 Å². The minimum atomic E-state index is -1.57. The molecule has 1 aromatic carbocycles. The average molecular weight is 440 g/mol. The molecule has 4 heterocycles. The van der Waals surface area contributed by atoms with Gasteiger partial charge in [-0.2, -0.15) is 0 Å². The van der Waals surface area contributed by atoms with Gasteiger partial charge in [0.2, 0.25) is 0 Å². The lowest BCUT2D eigenvalue weighted by Crippen LogP contribution is -2.53. The van der Waals surface area contributed by atoms with E-state index in [1.165, 1.54) is 18.1 Å². The van der Waals surface area contributed by atoms with Crippen molar-refractivity contribution in [2.24, 2.45) is 0 Å². The molecule has 9 nitrogen and oxygen atoms in total. The molecular weight excluding hydrogens is 419 g/mol. The molecule has 1 fully saturated rings. The molecule has 10 heteroatoms. The first-order chi connectivity index (χ1) is 15.2. The molecule has 5 rings (SSSR count). The van der Waals surface area contributed by atoms with Crippen LogP contribution < -0.4 is 15.4 Å². The van der Waals surface area contributed by atoms with Crippen molar-refractivity contribution in [3.63, 3.8) is 0 Å². The minimum absolute atomic E-state index is 0.0311. The maximum atomic E-state index is 14.8. The molecule has 166 valence electrons. The summed E-state index contributed by atoms with van der Waals surface area (Å²) >= 11 is 0. The topological polar surface area (TPSA) is 117 Å². The highest BCUT2D eigenvalue weighted by atomic mass is 19.1. The van der Waals surface area contributed by atoms with E-state index < -0.39 is 29.5 Å². The maximum Gasteiger partial charge on any atom is 0.257 e. The van der Waals surface area contributed by atoms with Gasteiger partial charge < -0.3 is 24.5 Å². The molecule has 0 spiro atoms. The van der Waals surface area contributed by atoms with Crippen molar-refractivity contribution in [2.75, 3.05) is 13.7 Å². The first-order valence-corrected chi connectivity index (χ1v) is 10.0. The van der Waals surface area contributed by atoms with Crippen LogP contribution in [0.1, 0.15) is 33.1 Å². The zero-order valence-electron chi connectivity index (χ0n) is 17.7. The van der Waals surface area contributed by atoms with Crippen LogP contribution in [0.5, 0.6) is 5.75 Å². The first kappa shape index (κ1) is 20.4. The SMILES string of the molecule is COc1ccc2c(c1F)C(=O)N(CC1(c3cc4c(C)nc(C)cc4o3)NC(O)NC1=O)C2. The smallest absolute Gasteiger partial charge is 0.257 e. The number of carbonyl (C=O) groups is 2. The Kier molecular flexibility index (Phi) is 4.47. The van der Waals surface area contributed by atoms with Gasteiger partial charge in [-0.15, -0.1) is 0 Å². The van der Waals surface area contributed by atoms with Gasteiger partial charge in [0.25, 0.3) is 11.8 Å². The number of halogens is 1. The molecule has 32 heavy (non-hydrogen) atoms. The summed E-state index contributed by atoms with van der Waals surface area (Å²) in [6.07, 6.45) is -1.34. The van der Waals surface area contributed by atoms with E-state index in [2.05, 4.69) is 15.6 Å². The molecule has 2 unspecified atom stereocenters. The van der Waals surface area contributed by atoms with Crippen LogP contribution in [-0.2, 0) is 16.9 Å². The van der Waals surface area contributed by atoms with E-state index in [0.717, 1.165) is 11.4 Å². The number of carbonyl (C=O) groups excluding carboxylic acids is 2. The Morgan fingerprint density at radius 2 is 2.12 bits per heavy atom. The van der Waals surface area contributed by atoms with E-state index in [1.54, 1.807) is 18.2 Å². The molecule has 2 atom stereocenters. The number of ether oxygens (including phenoxy) is 1. The number of furan rings is 1. The number of aryl methyl sites for hydroxylation is 2. The molecule has 0 bridgehead atoms. The number of hydrogen-bond acceptors (Lipinski definition) is 7. The van der Waals surface area contributed by atoms with Crippen LogP contribution in [0.3, 0.4) is 0 Å². The third kappa shape index (κ3) is 2.87. The fraction of sp³-hybridized carbons (Fsp3) is 0.318. The number of rotatable bonds is 4. The van der Waals surface area contributed by atoms with Crippen molar-refractivity contribution in [1.82, 2.24) is 20.5 Å². The minimum Gasteiger partial charge on any atom is -0.494 e. The van der Waals surface area contributed by atoms with Gasteiger partial charge in [-0.25, -0.2) is 4.39 Å². The number of hydrogen-bond donors (Lipinski definition) is 3. The van der Waals surface area contributed by atoms with Gasteiger partial charge in [-0.1, -0.05) is 6.07 Å². The lowest BCUT2D eigenvalue weighted by molar-refractivity contribution is -0.125. The Morgan fingerprint density at radius 1 is 1.34 bits per heavy atom. The zero-order valence-corrected chi connectivity index (χ0v) is 17.7. The molecule has 2 amide bonds. The van der Waals surface area contributed by atoms with Gasteiger partial charge >= 0.3 is 0 Å². The summed E-state index contributed by atoms with van der Waals surface area (Å²) in [5, 5.41) is 16.1. The Labute approximate surface area is 182 Å². The van der Waals surface area contributed by atoms with Gasteiger partial charge in [-0.05, 0) is 31.5 Å². The molecule has 0 saturated carbocycles. The number of amides is 2. The highest BCUT2D eigenvalue weighted by molar-refractivity contribution is 6.00. The molecule has 2 aliphatic rings. The second-order valence-corrected chi connectivity index (χ2v) is 8.07. The third-order valence-corrected chi connectivity index (χ3v) is 6.00. The van der Waals surface area contributed by atoms with Crippen LogP contribution in [0, 0.1) is 19.7 Å². The third-order valence-electron chi connectivity index (χ3n) is 6.00. The second-order valence-electron chi connectivity index (χ2n) is 8.07. The van der Waals surface area contributed by atoms with E-state index in [9.17, 15) is 19.1 Å². The monoisotopic (exact) mass is 440 g/mol. The predicted octanol–water partition coefficient (Wildman–Crippen LogP) is 1.44. The number of nitrogens with zero attached hydrogens (tertiary/aromatic N) is 2. The van der Waals surface area contributed by atoms with Crippen LogP contribution in [0.15, 0.2) is 28.7 Å². The predicted molar refractivity (Wildman–Crippen MR) is 110 cm³/mol. The zero-order chi connectivity index (χ0) is 22.8. The Bertz CT molecular complexity index is 1290. The molecule has 1 saturated heterocycles. The van der Waals surface area contributed by atoms with Gasteiger partial charge in [0.1, 0.15) is 11.3 Å². The quantitative estimate of drug-likeness (QED) is 0.562. The van der Waals surface area contributed by atoms with Crippen molar-refractivity contribution in [1.29, 1.82) is 0 Å². The van der Waals surface area contributed by atoms with E-state index in [1.807, 2.05) is 13.8 Å². The fourth-order valence-electron chi connectivity index (χ4n) is 4.48.